The first-order chi connectivity index (χ1) is 13.5. The number of carbonyl (C=O) groups excluding carboxylic acids is 1. The molecular formula is C22H28N2O3S. The van der Waals surface area contributed by atoms with Gasteiger partial charge in [0.25, 0.3) is 5.91 Å². The fraction of sp³-hybridized carbons (Fsp3) is 0.409. The third-order valence-corrected chi connectivity index (χ3v) is 6.70. The predicted octanol–water partition coefficient (Wildman–Crippen LogP) is 4.13. The van der Waals surface area contributed by atoms with Gasteiger partial charge in [0, 0.05) is 24.7 Å². The van der Waals surface area contributed by atoms with Gasteiger partial charge in [0.05, 0.1) is 4.90 Å². The number of nitrogens with one attached hydrogen (secondary N) is 1. The first-order valence-corrected chi connectivity index (χ1v) is 11.4. The molecule has 0 saturated carbocycles. The second-order valence-corrected chi connectivity index (χ2v) is 9.06. The van der Waals surface area contributed by atoms with Crippen LogP contribution in [-0.2, 0) is 10.0 Å². The van der Waals surface area contributed by atoms with Crippen LogP contribution in [0, 0.1) is 0 Å². The molecule has 0 radical (unpaired) electrons. The third-order valence-electron chi connectivity index (χ3n) is 5.17. The second kappa shape index (κ2) is 9.34. The lowest BCUT2D eigenvalue weighted by atomic mass is 10.1. The van der Waals surface area contributed by atoms with Gasteiger partial charge in [-0.1, -0.05) is 55.7 Å². The highest BCUT2D eigenvalue weighted by Gasteiger charge is 2.22. The van der Waals surface area contributed by atoms with E-state index in [4.69, 9.17) is 0 Å². The molecular weight excluding hydrogens is 372 g/mol. The number of benzene rings is 2. The number of nitrogens with zero attached hydrogens (tertiary/aromatic N) is 1. The lowest BCUT2D eigenvalue weighted by Gasteiger charge is -2.25. The lowest BCUT2D eigenvalue weighted by molar-refractivity contribution is 0.0742. The van der Waals surface area contributed by atoms with Crippen LogP contribution in [0.4, 0.5) is 0 Å². The third kappa shape index (κ3) is 5.20. The van der Waals surface area contributed by atoms with Gasteiger partial charge in [-0.3, -0.25) is 4.79 Å². The van der Waals surface area contributed by atoms with Crippen LogP contribution < -0.4 is 4.72 Å². The first-order valence-electron chi connectivity index (χ1n) is 9.94. The molecule has 1 aliphatic rings. The Morgan fingerprint density at radius 2 is 1.57 bits per heavy atom. The van der Waals surface area contributed by atoms with Crippen LogP contribution in [0.1, 0.15) is 61.0 Å². The fourth-order valence-corrected chi connectivity index (χ4v) is 4.82. The van der Waals surface area contributed by atoms with E-state index in [2.05, 4.69) is 4.72 Å². The van der Waals surface area contributed by atoms with Gasteiger partial charge in [-0.05, 0) is 43.5 Å². The number of rotatable bonds is 5. The van der Waals surface area contributed by atoms with Gasteiger partial charge in [-0.15, -0.1) is 0 Å². The van der Waals surface area contributed by atoms with E-state index >= 15 is 0 Å². The summed E-state index contributed by atoms with van der Waals surface area (Å²) < 4.78 is 28.4. The standard InChI is InChI=1S/C22H28N2O3S/c1-18(19-11-6-5-7-12-19)23-28(26,27)21-14-10-13-20(17-21)22(25)24-15-8-3-2-4-9-16-24/h5-7,10-14,17-18,23H,2-4,8-9,15-16H2,1H3. The van der Waals surface area contributed by atoms with Crippen molar-refractivity contribution in [2.45, 2.75) is 50.0 Å². The van der Waals surface area contributed by atoms with Crippen LogP contribution in [0.2, 0.25) is 0 Å². The van der Waals surface area contributed by atoms with E-state index in [1.54, 1.807) is 12.1 Å². The first kappa shape index (κ1) is 20.6. The van der Waals surface area contributed by atoms with E-state index in [0.717, 1.165) is 44.3 Å². The van der Waals surface area contributed by atoms with Crippen LogP contribution in [-0.4, -0.2) is 32.3 Å². The molecule has 28 heavy (non-hydrogen) atoms. The SMILES string of the molecule is CC(NS(=O)(=O)c1cccc(C(=O)N2CCCCCCC2)c1)c1ccccc1. The van der Waals surface area contributed by atoms with Crippen molar-refractivity contribution in [2.24, 2.45) is 0 Å². The van der Waals surface area contributed by atoms with Crippen LogP contribution in [0.3, 0.4) is 0 Å². The molecule has 6 heteroatoms. The maximum absolute atomic E-state index is 12.9. The molecule has 1 aliphatic heterocycles. The summed E-state index contributed by atoms with van der Waals surface area (Å²) >= 11 is 0. The van der Waals surface area contributed by atoms with E-state index in [1.165, 1.54) is 18.6 Å². The molecule has 5 nitrogen and oxygen atoms in total. The van der Waals surface area contributed by atoms with Gasteiger partial charge < -0.3 is 4.90 Å². The maximum atomic E-state index is 12.9. The molecule has 1 amide bonds. The predicted molar refractivity (Wildman–Crippen MR) is 111 cm³/mol. The van der Waals surface area contributed by atoms with Crippen molar-refractivity contribution in [3.8, 4) is 0 Å². The zero-order valence-corrected chi connectivity index (χ0v) is 17.1. The largest absolute Gasteiger partial charge is 0.339 e. The van der Waals surface area contributed by atoms with Crippen LogP contribution >= 0.6 is 0 Å². The number of hydrogen-bond donors (Lipinski definition) is 1. The molecule has 1 atom stereocenters. The summed E-state index contributed by atoms with van der Waals surface area (Å²) in [6.45, 7) is 3.28. The Bertz CT molecular complexity index is 889. The minimum absolute atomic E-state index is 0.0879. The second-order valence-electron chi connectivity index (χ2n) is 7.34. The molecule has 1 unspecified atom stereocenters. The Labute approximate surface area is 167 Å². The Morgan fingerprint density at radius 3 is 2.25 bits per heavy atom. The molecule has 2 aromatic rings. The highest BCUT2D eigenvalue weighted by atomic mass is 32.2. The van der Waals surface area contributed by atoms with Crippen LogP contribution in [0.15, 0.2) is 59.5 Å². The highest BCUT2D eigenvalue weighted by Crippen LogP contribution is 2.19. The number of carbonyl (C=O) groups is 1. The lowest BCUT2D eigenvalue weighted by Crippen LogP contribution is -2.34. The van der Waals surface area contributed by atoms with Gasteiger partial charge in [0.1, 0.15) is 0 Å². The number of amides is 1. The van der Waals surface area contributed by atoms with Crippen molar-refractivity contribution in [3.05, 3.63) is 65.7 Å². The van der Waals surface area contributed by atoms with E-state index in [1.807, 2.05) is 42.2 Å². The monoisotopic (exact) mass is 400 g/mol. The summed E-state index contributed by atoms with van der Waals surface area (Å²) in [5.41, 5.74) is 1.31. The molecule has 1 N–H and O–H groups in total. The summed E-state index contributed by atoms with van der Waals surface area (Å²) in [7, 11) is -3.73. The Morgan fingerprint density at radius 1 is 0.929 bits per heavy atom. The van der Waals surface area contributed by atoms with E-state index in [9.17, 15) is 13.2 Å². The topological polar surface area (TPSA) is 66.5 Å². The highest BCUT2D eigenvalue weighted by molar-refractivity contribution is 7.89. The normalized spacial score (nSPS) is 16.8. The molecule has 2 aromatic carbocycles. The van der Waals surface area contributed by atoms with E-state index < -0.39 is 10.0 Å². The minimum Gasteiger partial charge on any atom is -0.339 e. The Kier molecular flexibility index (Phi) is 6.86. The molecule has 1 heterocycles. The smallest absolute Gasteiger partial charge is 0.253 e. The van der Waals surface area contributed by atoms with Crippen molar-refractivity contribution in [1.82, 2.24) is 9.62 Å². The summed E-state index contributed by atoms with van der Waals surface area (Å²) in [5.74, 6) is -0.0879. The van der Waals surface area contributed by atoms with E-state index in [-0.39, 0.29) is 16.8 Å². The molecule has 1 saturated heterocycles. The Balaban J connectivity index is 1.76. The summed E-state index contributed by atoms with van der Waals surface area (Å²) in [4.78, 5) is 14.9. The Hall–Kier alpha value is -2.18. The summed E-state index contributed by atoms with van der Waals surface area (Å²) in [5, 5.41) is 0. The average molecular weight is 401 g/mol. The van der Waals surface area contributed by atoms with Gasteiger partial charge in [0.2, 0.25) is 10.0 Å². The minimum atomic E-state index is -3.73. The van der Waals surface area contributed by atoms with Crippen molar-refractivity contribution >= 4 is 15.9 Å². The van der Waals surface area contributed by atoms with Crippen molar-refractivity contribution in [2.75, 3.05) is 13.1 Å². The maximum Gasteiger partial charge on any atom is 0.253 e. The van der Waals surface area contributed by atoms with Crippen molar-refractivity contribution < 1.29 is 13.2 Å². The molecule has 150 valence electrons. The molecule has 0 aromatic heterocycles. The average Bonchev–Trinajstić information content (AvgIpc) is 2.68. The van der Waals surface area contributed by atoms with Gasteiger partial charge in [-0.2, -0.15) is 0 Å². The van der Waals surface area contributed by atoms with Crippen LogP contribution in [0.25, 0.3) is 0 Å². The summed E-state index contributed by atoms with van der Waals surface area (Å²) in [6.07, 6.45) is 5.50. The van der Waals surface area contributed by atoms with Gasteiger partial charge in [-0.25, -0.2) is 13.1 Å². The number of hydrogen-bond acceptors (Lipinski definition) is 3. The zero-order valence-electron chi connectivity index (χ0n) is 16.3. The van der Waals surface area contributed by atoms with Crippen molar-refractivity contribution in [1.29, 1.82) is 0 Å². The van der Waals surface area contributed by atoms with Crippen LogP contribution in [0.5, 0.6) is 0 Å². The molecule has 0 bridgehead atoms. The number of likely N-dealkylation sites (tertiary alicyclic amines) is 1. The quantitative estimate of drug-likeness (QED) is 0.820. The number of sulfonamides is 1. The molecule has 3 rings (SSSR count). The molecule has 0 aliphatic carbocycles. The fourth-order valence-electron chi connectivity index (χ4n) is 3.54. The van der Waals surface area contributed by atoms with Gasteiger partial charge in [0.15, 0.2) is 0 Å². The zero-order chi connectivity index (χ0) is 20.0. The van der Waals surface area contributed by atoms with Crippen molar-refractivity contribution in [3.63, 3.8) is 0 Å². The molecule has 0 spiro atoms. The summed E-state index contributed by atoms with van der Waals surface area (Å²) in [6, 6.07) is 15.4. The van der Waals surface area contributed by atoms with E-state index in [0.29, 0.717) is 5.56 Å². The molecule has 1 fully saturated rings. The van der Waals surface area contributed by atoms with Gasteiger partial charge >= 0.3 is 0 Å².